The van der Waals surface area contributed by atoms with Gasteiger partial charge in [0, 0.05) is 31.6 Å². The number of rotatable bonds is 7. The average molecular weight is 358 g/mol. The second kappa shape index (κ2) is 9.24. The number of piperazine rings is 1. The highest BCUT2D eigenvalue weighted by molar-refractivity contribution is 5.32. The average Bonchev–Trinajstić information content (AvgIpc) is 2.64. The summed E-state index contributed by atoms with van der Waals surface area (Å²) >= 11 is 0. The minimum Gasteiger partial charge on any atom is -0.312 e. The van der Waals surface area contributed by atoms with E-state index in [1.54, 1.807) is 0 Å². The van der Waals surface area contributed by atoms with Crippen LogP contribution in [-0.4, -0.2) is 37.1 Å². The molecule has 140 valence electrons. The number of benzene rings is 2. The monoisotopic (exact) mass is 358 g/mol. The molecular weight excluding hydrogens is 330 g/mol. The van der Waals surface area contributed by atoms with E-state index in [2.05, 4.69) is 17.1 Å². The minimum absolute atomic E-state index is 0.179. The van der Waals surface area contributed by atoms with Crippen molar-refractivity contribution in [1.29, 1.82) is 0 Å². The zero-order valence-corrected chi connectivity index (χ0v) is 15.4. The maximum atomic E-state index is 13.3. The van der Waals surface area contributed by atoms with Gasteiger partial charge < -0.3 is 10.2 Å². The molecule has 1 aliphatic rings. The van der Waals surface area contributed by atoms with Crippen LogP contribution in [-0.2, 0) is 0 Å². The molecule has 0 aliphatic carbocycles. The predicted octanol–water partition coefficient (Wildman–Crippen LogP) is 4.56. The Bertz CT molecular complexity index is 624. The number of hydrogen-bond donors (Lipinski definition) is 1. The van der Waals surface area contributed by atoms with Gasteiger partial charge in [-0.15, -0.1) is 0 Å². The molecule has 1 saturated heterocycles. The van der Waals surface area contributed by atoms with Crippen LogP contribution in [0, 0.1) is 11.6 Å². The van der Waals surface area contributed by atoms with Crippen LogP contribution in [0.15, 0.2) is 48.5 Å². The molecule has 1 aliphatic heterocycles. The Labute approximate surface area is 155 Å². The second-order valence-electron chi connectivity index (χ2n) is 7.31. The number of nitrogens with one attached hydrogen (secondary N) is 1. The van der Waals surface area contributed by atoms with Gasteiger partial charge >= 0.3 is 0 Å². The summed E-state index contributed by atoms with van der Waals surface area (Å²) in [6, 6.07) is 14.0. The third kappa shape index (κ3) is 5.36. The van der Waals surface area contributed by atoms with Gasteiger partial charge in [0.1, 0.15) is 11.6 Å². The number of unbranched alkanes of at least 4 members (excludes halogenated alkanes) is 1. The van der Waals surface area contributed by atoms with Gasteiger partial charge in [0.15, 0.2) is 0 Å². The first kappa shape index (κ1) is 19.0. The van der Waals surface area contributed by atoms with Crippen LogP contribution in [0.25, 0.3) is 0 Å². The number of halogens is 2. The fourth-order valence-electron chi connectivity index (χ4n) is 3.82. The van der Waals surface area contributed by atoms with Gasteiger partial charge in [0.25, 0.3) is 0 Å². The van der Waals surface area contributed by atoms with Crippen molar-refractivity contribution in [3.63, 3.8) is 0 Å². The summed E-state index contributed by atoms with van der Waals surface area (Å²) < 4.78 is 26.6. The van der Waals surface area contributed by atoms with Crippen LogP contribution < -0.4 is 5.32 Å². The van der Waals surface area contributed by atoms with Crippen LogP contribution in [0.3, 0.4) is 0 Å². The lowest BCUT2D eigenvalue weighted by atomic mass is 9.87. The van der Waals surface area contributed by atoms with Crippen LogP contribution >= 0.6 is 0 Å². The molecule has 2 nitrogen and oxygen atoms in total. The van der Waals surface area contributed by atoms with Crippen molar-refractivity contribution in [3.05, 3.63) is 71.3 Å². The fraction of sp³-hybridized carbons (Fsp3) is 0.455. The minimum atomic E-state index is -0.223. The molecule has 0 spiro atoms. The highest BCUT2D eigenvalue weighted by Crippen LogP contribution is 2.30. The second-order valence-corrected chi connectivity index (χ2v) is 7.31. The first-order chi connectivity index (χ1) is 12.6. The predicted molar refractivity (Wildman–Crippen MR) is 102 cm³/mol. The molecule has 1 fully saturated rings. The SMILES string of the molecule is CC1CN(CCCCC(c2ccc(F)cc2)c2ccc(F)cc2)CCN1. The summed E-state index contributed by atoms with van der Waals surface area (Å²) in [6.07, 6.45) is 3.22. The van der Waals surface area contributed by atoms with E-state index < -0.39 is 0 Å². The van der Waals surface area contributed by atoms with Gasteiger partial charge in [-0.3, -0.25) is 0 Å². The van der Waals surface area contributed by atoms with Gasteiger partial charge in [-0.1, -0.05) is 30.7 Å². The molecule has 3 rings (SSSR count). The Kier molecular flexibility index (Phi) is 6.75. The molecule has 0 aromatic heterocycles. The van der Waals surface area contributed by atoms with Crippen LogP contribution in [0.1, 0.15) is 43.2 Å². The van der Waals surface area contributed by atoms with Gasteiger partial charge in [-0.2, -0.15) is 0 Å². The molecule has 2 aromatic rings. The normalized spacial score (nSPS) is 18.4. The highest BCUT2D eigenvalue weighted by atomic mass is 19.1. The van der Waals surface area contributed by atoms with Crippen LogP contribution in [0.5, 0.6) is 0 Å². The topological polar surface area (TPSA) is 15.3 Å². The van der Waals surface area contributed by atoms with Crippen molar-refractivity contribution in [3.8, 4) is 0 Å². The standard InChI is InChI=1S/C22H28F2N2/c1-17-16-26(15-13-25-17)14-3-2-4-22(18-5-9-20(23)10-6-18)19-7-11-21(24)12-8-19/h5-12,17,22,25H,2-4,13-16H2,1H3. The van der Waals surface area contributed by atoms with Gasteiger partial charge in [-0.05, 0) is 61.7 Å². The smallest absolute Gasteiger partial charge is 0.123 e. The largest absolute Gasteiger partial charge is 0.312 e. The first-order valence-electron chi connectivity index (χ1n) is 9.58. The van der Waals surface area contributed by atoms with E-state index in [9.17, 15) is 8.78 Å². The Hall–Kier alpha value is -1.78. The van der Waals surface area contributed by atoms with Crippen molar-refractivity contribution < 1.29 is 8.78 Å². The molecule has 2 aromatic carbocycles. The number of nitrogens with zero attached hydrogens (tertiary/aromatic N) is 1. The van der Waals surface area contributed by atoms with Crippen molar-refractivity contribution >= 4 is 0 Å². The molecular formula is C22H28F2N2. The molecule has 1 heterocycles. The maximum absolute atomic E-state index is 13.3. The molecule has 0 bridgehead atoms. The highest BCUT2D eigenvalue weighted by Gasteiger charge is 2.17. The maximum Gasteiger partial charge on any atom is 0.123 e. The number of hydrogen-bond acceptors (Lipinski definition) is 2. The van der Waals surface area contributed by atoms with E-state index in [1.165, 1.54) is 24.3 Å². The van der Waals surface area contributed by atoms with E-state index in [0.29, 0.717) is 6.04 Å². The quantitative estimate of drug-likeness (QED) is 0.730. The van der Waals surface area contributed by atoms with Crippen LogP contribution in [0.2, 0.25) is 0 Å². The summed E-state index contributed by atoms with van der Waals surface area (Å²) in [4.78, 5) is 2.52. The lowest BCUT2D eigenvalue weighted by Gasteiger charge is -2.31. The molecule has 4 heteroatoms. The summed E-state index contributed by atoms with van der Waals surface area (Å²) in [7, 11) is 0. The molecule has 0 saturated carbocycles. The molecule has 1 N–H and O–H groups in total. The zero-order chi connectivity index (χ0) is 18.4. The Morgan fingerprint density at radius 3 is 2.08 bits per heavy atom. The van der Waals surface area contributed by atoms with Crippen molar-refractivity contribution in [2.75, 3.05) is 26.2 Å². The van der Waals surface area contributed by atoms with E-state index >= 15 is 0 Å². The lowest BCUT2D eigenvalue weighted by Crippen LogP contribution is -2.49. The van der Waals surface area contributed by atoms with Crippen LogP contribution in [0.4, 0.5) is 8.78 Å². The molecule has 1 atom stereocenters. The van der Waals surface area contributed by atoms with Gasteiger partial charge in [0.2, 0.25) is 0 Å². The van der Waals surface area contributed by atoms with E-state index in [1.807, 2.05) is 24.3 Å². The summed E-state index contributed by atoms with van der Waals surface area (Å²) in [6.45, 7) is 6.63. The summed E-state index contributed by atoms with van der Waals surface area (Å²) in [5.74, 6) is -0.267. The van der Waals surface area contributed by atoms with Gasteiger partial charge in [0.05, 0.1) is 0 Å². The van der Waals surface area contributed by atoms with Crippen molar-refractivity contribution in [2.45, 2.75) is 38.1 Å². The summed E-state index contributed by atoms with van der Waals surface area (Å²) in [5, 5.41) is 3.47. The Morgan fingerprint density at radius 1 is 0.962 bits per heavy atom. The molecule has 0 amide bonds. The lowest BCUT2D eigenvalue weighted by molar-refractivity contribution is 0.203. The van der Waals surface area contributed by atoms with Crippen molar-refractivity contribution in [2.24, 2.45) is 0 Å². The van der Waals surface area contributed by atoms with E-state index in [4.69, 9.17) is 0 Å². The molecule has 0 radical (unpaired) electrons. The Balaban J connectivity index is 1.60. The third-order valence-electron chi connectivity index (χ3n) is 5.21. The first-order valence-corrected chi connectivity index (χ1v) is 9.58. The van der Waals surface area contributed by atoms with E-state index in [-0.39, 0.29) is 17.6 Å². The zero-order valence-electron chi connectivity index (χ0n) is 15.4. The summed E-state index contributed by atoms with van der Waals surface area (Å²) in [5.41, 5.74) is 2.18. The van der Waals surface area contributed by atoms with Crippen molar-refractivity contribution in [1.82, 2.24) is 10.2 Å². The van der Waals surface area contributed by atoms with Gasteiger partial charge in [-0.25, -0.2) is 8.78 Å². The molecule has 26 heavy (non-hydrogen) atoms. The Morgan fingerprint density at radius 2 is 1.54 bits per heavy atom. The van der Waals surface area contributed by atoms with E-state index in [0.717, 1.165) is 56.6 Å². The third-order valence-corrected chi connectivity index (χ3v) is 5.21. The fourth-order valence-corrected chi connectivity index (χ4v) is 3.82. The molecule has 1 unspecified atom stereocenters.